The van der Waals surface area contributed by atoms with E-state index in [1.54, 1.807) is 12.3 Å². The number of fused-ring (bicyclic) bond motifs is 2. The lowest BCUT2D eigenvalue weighted by atomic mass is 9.49. The lowest BCUT2D eigenvalue weighted by molar-refractivity contribution is -0.223. The van der Waals surface area contributed by atoms with Gasteiger partial charge < -0.3 is 24.8 Å². The minimum atomic E-state index is -1.04. The zero-order valence-electron chi connectivity index (χ0n) is 22.2. The number of aromatic nitrogens is 1. The summed E-state index contributed by atoms with van der Waals surface area (Å²) in [4.78, 5) is 16.6. The van der Waals surface area contributed by atoms with Crippen LogP contribution in [0, 0.1) is 28.1 Å². The van der Waals surface area contributed by atoms with Gasteiger partial charge in [0.25, 0.3) is 0 Å². The van der Waals surface area contributed by atoms with Crippen LogP contribution in [0.25, 0.3) is 16.3 Å². The first-order valence-corrected chi connectivity index (χ1v) is 13.8. The molecule has 2 saturated carbocycles. The van der Waals surface area contributed by atoms with Crippen molar-refractivity contribution in [1.82, 2.24) is 9.88 Å². The molecule has 2 aromatic rings. The summed E-state index contributed by atoms with van der Waals surface area (Å²) in [6.07, 6.45) is 8.65. The van der Waals surface area contributed by atoms with Crippen LogP contribution in [0.4, 0.5) is 0 Å². The number of allylic oxidation sites excluding steroid dienone is 2. The van der Waals surface area contributed by atoms with Crippen molar-refractivity contribution in [3.05, 3.63) is 64.1 Å². The van der Waals surface area contributed by atoms with E-state index in [1.807, 2.05) is 31.1 Å². The molecule has 198 valence electrons. The second-order valence-corrected chi connectivity index (χ2v) is 12.8. The van der Waals surface area contributed by atoms with Gasteiger partial charge in [-0.1, -0.05) is 31.2 Å². The van der Waals surface area contributed by atoms with E-state index in [2.05, 4.69) is 36.2 Å². The van der Waals surface area contributed by atoms with Crippen LogP contribution in [0.1, 0.15) is 51.0 Å². The van der Waals surface area contributed by atoms with Crippen molar-refractivity contribution in [1.29, 1.82) is 5.26 Å². The number of nitriles is 1. The number of likely N-dealkylation sites (N-methyl/N-ethyl adjacent to an activating group) is 1. The number of H-pyrrole nitrogens is 1. The zero-order chi connectivity index (χ0) is 26.7. The molecule has 3 fully saturated rings. The van der Waals surface area contributed by atoms with E-state index in [1.165, 1.54) is 5.57 Å². The molecule has 1 saturated heterocycles. The Morgan fingerprint density at radius 1 is 1.13 bits per heavy atom. The minimum absolute atomic E-state index is 0.106. The van der Waals surface area contributed by atoms with Gasteiger partial charge in [-0.05, 0) is 91.6 Å². The van der Waals surface area contributed by atoms with Crippen LogP contribution in [0.3, 0.4) is 0 Å². The number of aliphatic hydroxyl groups is 2. The van der Waals surface area contributed by atoms with Crippen molar-refractivity contribution in [2.24, 2.45) is 16.7 Å². The van der Waals surface area contributed by atoms with E-state index >= 15 is 0 Å². The second-order valence-electron chi connectivity index (χ2n) is 12.8. The highest BCUT2D eigenvalue weighted by atomic mass is 16.5. The summed E-state index contributed by atoms with van der Waals surface area (Å²) in [7, 11) is 3.87. The van der Waals surface area contributed by atoms with Crippen molar-refractivity contribution in [3.63, 3.8) is 0 Å². The molecule has 3 N–H and O–H groups in total. The molecule has 3 aliphatic carbocycles. The molecule has 3 heterocycles. The molecule has 7 rings (SSSR count). The van der Waals surface area contributed by atoms with E-state index in [0.29, 0.717) is 12.8 Å². The largest absolute Gasteiger partial charge is 0.388 e. The molecule has 1 aromatic heterocycles. The van der Waals surface area contributed by atoms with E-state index in [0.717, 1.165) is 47.6 Å². The van der Waals surface area contributed by atoms with Gasteiger partial charge in [0.15, 0.2) is 0 Å². The predicted molar refractivity (Wildman–Crippen MR) is 144 cm³/mol. The molecule has 2 spiro atoms. The maximum absolute atomic E-state index is 11.8. The molecule has 7 heteroatoms. The number of nitrogens with one attached hydrogen (secondary N) is 1. The monoisotopic (exact) mass is 513 g/mol. The number of aromatic amines is 1. The van der Waals surface area contributed by atoms with Gasteiger partial charge in [-0.3, -0.25) is 4.79 Å². The molecule has 8 unspecified atom stereocenters. The van der Waals surface area contributed by atoms with Gasteiger partial charge in [0.2, 0.25) is 5.56 Å². The van der Waals surface area contributed by atoms with Crippen molar-refractivity contribution in [2.75, 3.05) is 14.1 Å². The number of pyridine rings is 1. The number of hydrogen-bond donors (Lipinski definition) is 3. The lowest BCUT2D eigenvalue weighted by Crippen LogP contribution is -2.66. The molecular formula is C31H35N3O4. The normalized spacial score (nSPS) is 43.2. The van der Waals surface area contributed by atoms with Gasteiger partial charge in [0.1, 0.15) is 11.5 Å². The van der Waals surface area contributed by atoms with Crippen LogP contribution >= 0.6 is 0 Å². The third kappa shape index (κ3) is 2.84. The smallest absolute Gasteiger partial charge is 0.248 e. The van der Waals surface area contributed by atoms with Gasteiger partial charge in [-0.25, -0.2) is 0 Å². The highest BCUT2D eigenvalue weighted by Crippen LogP contribution is 2.72. The molecule has 1 aromatic carbocycles. The number of aliphatic hydroxyl groups excluding tert-OH is 2. The van der Waals surface area contributed by atoms with Gasteiger partial charge in [0, 0.05) is 24.2 Å². The Kier molecular flexibility index (Phi) is 4.90. The van der Waals surface area contributed by atoms with E-state index in [4.69, 9.17) is 4.74 Å². The Labute approximate surface area is 222 Å². The topological polar surface area (TPSA) is 110 Å². The van der Waals surface area contributed by atoms with E-state index in [-0.39, 0.29) is 22.9 Å². The fourth-order valence-corrected chi connectivity index (χ4v) is 9.02. The number of hydrogen-bond acceptors (Lipinski definition) is 6. The van der Waals surface area contributed by atoms with Gasteiger partial charge >= 0.3 is 0 Å². The summed E-state index contributed by atoms with van der Waals surface area (Å²) in [5.41, 5.74) is 0.772. The second kappa shape index (κ2) is 7.67. The number of ether oxygens (including phenoxy) is 1. The molecule has 2 aliphatic heterocycles. The van der Waals surface area contributed by atoms with Crippen LogP contribution in [-0.4, -0.2) is 63.6 Å². The summed E-state index contributed by atoms with van der Waals surface area (Å²) in [5.74, 6) is 0.128. The first-order chi connectivity index (χ1) is 18.1. The maximum Gasteiger partial charge on any atom is 0.248 e. The summed E-state index contributed by atoms with van der Waals surface area (Å²) >= 11 is 0. The number of nitrogens with zero attached hydrogens (tertiary/aromatic N) is 2. The van der Waals surface area contributed by atoms with Crippen LogP contribution in [0.15, 0.2) is 53.0 Å². The molecule has 8 atom stereocenters. The Balaban J connectivity index is 1.32. The summed E-state index contributed by atoms with van der Waals surface area (Å²) in [6, 6.07) is 10.4. The average Bonchev–Trinajstić information content (AvgIpc) is 3.42. The maximum atomic E-state index is 11.8. The molecule has 5 aliphatic rings. The van der Waals surface area contributed by atoms with Crippen molar-refractivity contribution < 1.29 is 14.9 Å². The van der Waals surface area contributed by atoms with Crippen LogP contribution in [-0.2, 0) is 4.74 Å². The summed E-state index contributed by atoms with van der Waals surface area (Å²) in [6.45, 7) is 2.33. The van der Waals surface area contributed by atoms with Crippen LogP contribution < -0.4 is 5.56 Å². The Bertz CT molecular complexity index is 1520. The number of benzene rings is 1. The fourth-order valence-electron chi connectivity index (χ4n) is 9.02. The van der Waals surface area contributed by atoms with Gasteiger partial charge in [-0.15, -0.1) is 0 Å². The Hall–Kier alpha value is -2.76. The predicted octanol–water partition coefficient (Wildman–Crippen LogP) is 3.53. The first-order valence-electron chi connectivity index (χ1n) is 13.8. The molecule has 7 nitrogen and oxygen atoms in total. The average molecular weight is 514 g/mol. The minimum Gasteiger partial charge on any atom is -0.388 e. The lowest BCUT2D eigenvalue weighted by Gasteiger charge is -2.61. The van der Waals surface area contributed by atoms with Crippen LogP contribution in [0.5, 0.6) is 0 Å². The van der Waals surface area contributed by atoms with Crippen molar-refractivity contribution in [3.8, 4) is 6.07 Å². The Morgan fingerprint density at radius 3 is 2.71 bits per heavy atom. The molecular weight excluding hydrogens is 478 g/mol. The molecule has 0 amide bonds. The van der Waals surface area contributed by atoms with Gasteiger partial charge in [-0.2, -0.15) is 5.26 Å². The quantitative estimate of drug-likeness (QED) is 0.530. The first kappa shape index (κ1) is 24.3. The van der Waals surface area contributed by atoms with Crippen molar-refractivity contribution >= 4 is 16.3 Å². The van der Waals surface area contributed by atoms with E-state index in [9.17, 15) is 20.3 Å². The fraction of sp³-hybridized carbons (Fsp3) is 0.548. The standard InChI is InChI=1S/C31H35N3O4/c1-28-8-9-29(17-32)14-22-26(36)27(37)23(34(2)3)15-30(22)10-11-31(29,38-30)24(28)7-6-21(28)19-5-4-18-13-25(35)33-16-20(18)12-19/h4-6,12-14,16,23-24,26-27,36-37H,7-11,15H2,1-3H3,(H,33,35). The zero-order valence-corrected chi connectivity index (χ0v) is 22.2. The molecule has 2 bridgehead atoms. The highest BCUT2D eigenvalue weighted by molar-refractivity contribution is 5.87. The summed E-state index contributed by atoms with van der Waals surface area (Å²) < 4.78 is 7.26. The van der Waals surface area contributed by atoms with E-state index < -0.39 is 28.8 Å². The number of rotatable bonds is 2. The Morgan fingerprint density at radius 2 is 1.95 bits per heavy atom. The molecule has 38 heavy (non-hydrogen) atoms. The summed E-state index contributed by atoms with van der Waals surface area (Å²) in [5, 5.41) is 34.9. The van der Waals surface area contributed by atoms with Gasteiger partial charge in [0.05, 0.1) is 23.4 Å². The van der Waals surface area contributed by atoms with Crippen LogP contribution in [0.2, 0.25) is 0 Å². The third-order valence-corrected chi connectivity index (χ3v) is 11.0. The highest BCUT2D eigenvalue weighted by Gasteiger charge is 2.74. The SMILES string of the molecule is CN(C)C1CC23CCC4(O2)C2CC=C(c5ccc6cc(=O)[nH]cc6c5)C2(C)CCC4(C#N)C=C3C(O)C1O. The third-order valence-electron chi connectivity index (χ3n) is 11.0. The van der Waals surface area contributed by atoms with Crippen molar-refractivity contribution in [2.45, 2.75) is 74.9 Å². The molecule has 0 radical (unpaired) electrons.